The van der Waals surface area contributed by atoms with Gasteiger partial charge in [0.25, 0.3) is 0 Å². The lowest BCUT2D eigenvalue weighted by Crippen LogP contribution is -2.20. The minimum absolute atomic E-state index is 0.130. The summed E-state index contributed by atoms with van der Waals surface area (Å²) in [4.78, 5) is 10.1. The number of carbonyl (C=O) groups excluding carboxylic acids is 1. The lowest BCUT2D eigenvalue weighted by molar-refractivity contribution is -0.116. The molecule has 0 aliphatic rings. The van der Waals surface area contributed by atoms with Crippen LogP contribution in [-0.4, -0.2) is 15.4 Å². The van der Waals surface area contributed by atoms with Crippen LogP contribution in [0.15, 0.2) is 0 Å². The predicted molar refractivity (Wildman–Crippen MR) is 57.4 cm³/mol. The minimum Gasteiger partial charge on any atom is -0.295 e. The fourth-order valence-electron chi connectivity index (χ4n) is 0.853. The second kappa shape index (κ2) is 7.16. The summed E-state index contributed by atoms with van der Waals surface area (Å²) in [5, 5.41) is 0. The van der Waals surface area contributed by atoms with E-state index in [9.17, 15) is 4.79 Å². The highest BCUT2D eigenvalue weighted by Crippen LogP contribution is 2.17. The van der Waals surface area contributed by atoms with Gasteiger partial charge in [-0.1, -0.05) is 65.3 Å². The van der Waals surface area contributed by atoms with Crippen molar-refractivity contribution in [3.63, 3.8) is 0 Å². The summed E-state index contributed by atoms with van der Waals surface area (Å²) in [5.74, 6) is -0.130. The molecule has 0 fully saturated rings. The second-order valence-corrected chi connectivity index (χ2v) is 4.87. The van der Waals surface area contributed by atoms with Crippen molar-refractivity contribution >= 4 is 44.9 Å². The Labute approximate surface area is 91.9 Å². The topological polar surface area (TPSA) is 17.1 Å². The average molecular weight is 276 g/mol. The molecule has 0 rings (SSSR count). The molecule has 0 aliphatic carbocycles. The Morgan fingerprint density at radius 2 is 2.00 bits per heavy atom. The summed E-state index contributed by atoms with van der Waals surface area (Å²) in [6.45, 7) is 2.12. The minimum atomic E-state index is -0.893. The molecule has 0 spiro atoms. The molecule has 0 saturated heterocycles. The van der Waals surface area contributed by atoms with E-state index in [1.807, 2.05) is 0 Å². The van der Waals surface area contributed by atoms with Gasteiger partial charge in [0.15, 0.2) is 10.6 Å². The van der Waals surface area contributed by atoms with Gasteiger partial charge in [-0.15, -0.1) is 0 Å². The van der Waals surface area contributed by atoms with Crippen LogP contribution in [0.4, 0.5) is 0 Å². The van der Waals surface area contributed by atoms with Crippen molar-refractivity contribution in [1.82, 2.24) is 0 Å². The van der Waals surface area contributed by atoms with Gasteiger partial charge >= 0.3 is 0 Å². The number of alkyl halides is 3. The first-order valence-corrected chi connectivity index (χ1v) is 5.84. The number of carbonyl (C=O) groups is 1. The summed E-state index contributed by atoms with van der Waals surface area (Å²) < 4.78 is 0. The van der Waals surface area contributed by atoms with E-state index in [0.717, 1.165) is 25.7 Å². The van der Waals surface area contributed by atoms with E-state index in [1.165, 1.54) is 0 Å². The van der Waals surface area contributed by atoms with Crippen LogP contribution in [-0.2, 0) is 4.79 Å². The van der Waals surface area contributed by atoms with Gasteiger partial charge in [0.2, 0.25) is 0 Å². The Morgan fingerprint density at radius 1 is 1.42 bits per heavy atom. The Morgan fingerprint density at radius 3 is 2.42 bits per heavy atom. The molecule has 4 heteroatoms. The quantitative estimate of drug-likeness (QED) is 0.534. The van der Waals surface area contributed by atoms with Crippen LogP contribution >= 0.6 is 39.1 Å². The molecule has 0 aromatic carbocycles. The third kappa shape index (κ3) is 5.39. The van der Waals surface area contributed by atoms with Crippen LogP contribution in [0.2, 0.25) is 0 Å². The molecule has 0 aromatic heterocycles. The number of Topliss-reactive ketones (excluding diaryl/α,β-unsaturated/α-hetero) is 1. The second-order valence-electron chi connectivity index (χ2n) is 2.67. The highest BCUT2D eigenvalue weighted by molar-refractivity contribution is 9.10. The molecule has 0 radical (unpaired) electrons. The Balaban J connectivity index is 3.57. The predicted octanol–water partition coefficient (Wildman–Crippen LogP) is 3.70. The average Bonchev–Trinajstić information content (AvgIpc) is 2.03. The third-order valence-corrected chi connectivity index (χ3v) is 2.92. The molecule has 0 saturated carbocycles. The summed E-state index contributed by atoms with van der Waals surface area (Å²) in [5.41, 5.74) is 0. The number of hydrogen-bond donors (Lipinski definition) is 0. The van der Waals surface area contributed by atoms with Gasteiger partial charge in [-0.3, -0.25) is 4.79 Å². The van der Waals surface area contributed by atoms with Crippen molar-refractivity contribution in [2.45, 2.75) is 42.3 Å². The van der Waals surface area contributed by atoms with Gasteiger partial charge in [0.05, 0.1) is 4.83 Å². The van der Waals surface area contributed by atoms with Crippen molar-refractivity contribution < 1.29 is 4.79 Å². The maximum absolute atomic E-state index is 11.1. The van der Waals surface area contributed by atoms with Crippen molar-refractivity contribution in [3.05, 3.63) is 0 Å². The molecule has 1 nitrogen and oxygen atoms in total. The van der Waals surface area contributed by atoms with Crippen LogP contribution in [0.1, 0.15) is 32.6 Å². The van der Waals surface area contributed by atoms with Crippen molar-refractivity contribution in [2.75, 3.05) is 0 Å². The molecular formula is C8H13BrCl2O. The largest absolute Gasteiger partial charge is 0.295 e. The van der Waals surface area contributed by atoms with Crippen LogP contribution in [0.5, 0.6) is 0 Å². The molecule has 0 heterocycles. The number of halogens is 3. The molecule has 1 atom stereocenters. The van der Waals surface area contributed by atoms with Gasteiger partial charge in [-0.25, -0.2) is 0 Å². The zero-order valence-corrected chi connectivity index (χ0v) is 10.1. The SMILES string of the molecule is CCCCCC(Br)C(=O)C(Cl)Cl. The van der Waals surface area contributed by atoms with E-state index >= 15 is 0 Å². The first kappa shape index (κ1) is 12.7. The Bertz CT molecular complexity index is 139. The van der Waals surface area contributed by atoms with E-state index in [1.54, 1.807) is 0 Å². The summed E-state index contributed by atoms with van der Waals surface area (Å²) in [7, 11) is 0. The van der Waals surface area contributed by atoms with Crippen LogP contribution in [0, 0.1) is 0 Å². The summed E-state index contributed by atoms with van der Waals surface area (Å²) >= 11 is 14.1. The maximum atomic E-state index is 11.1. The number of rotatable bonds is 6. The zero-order chi connectivity index (χ0) is 9.56. The van der Waals surface area contributed by atoms with Crippen LogP contribution < -0.4 is 0 Å². The molecule has 1 unspecified atom stereocenters. The summed E-state index contributed by atoms with van der Waals surface area (Å²) in [6.07, 6.45) is 4.16. The van der Waals surface area contributed by atoms with Crippen molar-refractivity contribution in [2.24, 2.45) is 0 Å². The van der Waals surface area contributed by atoms with E-state index in [-0.39, 0.29) is 10.6 Å². The number of ketones is 1. The molecule has 12 heavy (non-hydrogen) atoms. The molecular weight excluding hydrogens is 263 g/mol. The lowest BCUT2D eigenvalue weighted by Gasteiger charge is -2.07. The molecule has 0 N–H and O–H groups in total. The fraction of sp³-hybridized carbons (Fsp3) is 0.875. The molecule has 0 aromatic rings. The van der Waals surface area contributed by atoms with Crippen molar-refractivity contribution in [3.8, 4) is 0 Å². The third-order valence-electron chi connectivity index (χ3n) is 1.58. The molecule has 72 valence electrons. The highest BCUT2D eigenvalue weighted by atomic mass is 79.9. The number of unbranched alkanes of at least 4 members (excludes halogenated alkanes) is 2. The number of hydrogen-bond acceptors (Lipinski definition) is 1. The normalized spacial score (nSPS) is 13.4. The maximum Gasteiger partial charge on any atom is 0.179 e. The molecule has 0 aliphatic heterocycles. The lowest BCUT2D eigenvalue weighted by atomic mass is 10.1. The first-order valence-electron chi connectivity index (χ1n) is 4.05. The van der Waals surface area contributed by atoms with Crippen LogP contribution in [0.25, 0.3) is 0 Å². The van der Waals surface area contributed by atoms with E-state index in [0.29, 0.717) is 0 Å². The Kier molecular flexibility index (Phi) is 7.60. The van der Waals surface area contributed by atoms with E-state index < -0.39 is 4.84 Å². The molecule has 0 amide bonds. The van der Waals surface area contributed by atoms with Gasteiger partial charge in [-0.05, 0) is 6.42 Å². The first-order chi connectivity index (χ1) is 5.59. The molecule has 0 bridgehead atoms. The standard InChI is InChI=1S/C8H13BrCl2O/c1-2-3-4-5-6(9)7(12)8(10)11/h6,8H,2-5H2,1H3. The van der Waals surface area contributed by atoms with E-state index in [2.05, 4.69) is 22.9 Å². The van der Waals surface area contributed by atoms with Crippen molar-refractivity contribution in [1.29, 1.82) is 0 Å². The highest BCUT2D eigenvalue weighted by Gasteiger charge is 2.20. The van der Waals surface area contributed by atoms with Gasteiger partial charge < -0.3 is 0 Å². The zero-order valence-electron chi connectivity index (χ0n) is 7.03. The smallest absolute Gasteiger partial charge is 0.179 e. The van der Waals surface area contributed by atoms with E-state index in [4.69, 9.17) is 23.2 Å². The fourth-order valence-corrected chi connectivity index (χ4v) is 2.05. The van der Waals surface area contributed by atoms with Gasteiger partial charge in [0, 0.05) is 0 Å². The monoisotopic (exact) mass is 274 g/mol. The van der Waals surface area contributed by atoms with Gasteiger partial charge in [-0.2, -0.15) is 0 Å². The Hall–Kier alpha value is 0.730. The van der Waals surface area contributed by atoms with Gasteiger partial charge in [0.1, 0.15) is 0 Å². The summed E-state index contributed by atoms with van der Waals surface area (Å²) in [6, 6.07) is 0. The van der Waals surface area contributed by atoms with Crippen LogP contribution in [0.3, 0.4) is 0 Å².